The number of hydrogen-bond donors (Lipinski definition) is 1. The van der Waals surface area contributed by atoms with E-state index in [4.69, 9.17) is 10.5 Å². The predicted octanol–water partition coefficient (Wildman–Crippen LogP) is 1.68. The standard InChI is InChI=1S/C12H17F3N2O/c1-17(3-4-18-2)11(7-16)8-5-9(13)12(15)10(14)6-8/h5-6,11H,3-4,7,16H2,1-2H3. The summed E-state index contributed by atoms with van der Waals surface area (Å²) in [4.78, 5) is 1.80. The molecule has 1 aromatic rings. The van der Waals surface area contributed by atoms with Crippen molar-refractivity contribution in [1.29, 1.82) is 0 Å². The molecule has 0 aliphatic heterocycles. The van der Waals surface area contributed by atoms with Gasteiger partial charge in [-0.2, -0.15) is 0 Å². The Kier molecular flexibility index (Phi) is 5.58. The highest BCUT2D eigenvalue weighted by Crippen LogP contribution is 2.22. The molecule has 0 bridgehead atoms. The van der Waals surface area contributed by atoms with Gasteiger partial charge >= 0.3 is 0 Å². The Labute approximate surface area is 104 Å². The van der Waals surface area contributed by atoms with Gasteiger partial charge in [-0.15, -0.1) is 0 Å². The van der Waals surface area contributed by atoms with Gasteiger partial charge in [-0.1, -0.05) is 0 Å². The fraction of sp³-hybridized carbons (Fsp3) is 0.500. The Bertz CT molecular complexity index is 378. The lowest BCUT2D eigenvalue weighted by molar-refractivity contribution is 0.140. The van der Waals surface area contributed by atoms with Crippen LogP contribution in [0.1, 0.15) is 11.6 Å². The second kappa shape index (κ2) is 6.72. The van der Waals surface area contributed by atoms with E-state index in [0.29, 0.717) is 18.7 Å². The van der Waals surface area contributed by atoms with Gasteiger partial charge in [0.15, 0.2) is 17.5 Å². The molecule has 1 atom stereocenters. The molecule has 1 aromatic carbocycles. The molecule has 0 heterocycles. The summed E-state index contributed by atoms with van der Waals surface area (Å²) >= 11 is 0. The average molecular weight is 262 g/mol. The van der Waals surface area contributed by atoms with Gasteiger partial charge < -0.3 is 10.5 Å². The summed E-state index contributed by atoms with van der Waals surface area (Å²) in [6, 6.07) is 1.56. The summed E-state index contributed by atoms with van der Waals surface area (Å²) in [7, 11) is 3.32. The van der Waals surface area contributed by atoms with Crippen LogP contribution in [0.15, 0.2) is 12.1 Å². The normalized spacial score (nSPS) is 13.1. The second-order valence-corrected chi connectivity index (χ2v) is 4.02. The zero-order valence-electron chi connectivity index (χ0n) is 10.4. The maximum Gasteiger partial charge on any atom is 0.194 e. The van der Waals surface area contributed by atoms with Crippen molar-refractivity contribution in [2.45, 2.75) is 6.04 Å². The highest BCUT2D eigenvalue weighted by atomic mass is 19.2. The molecule has 0 aliphatic rings. The number of nitrogens with two attached hydrogens (primary N) is 1. The quantitative estimate of drug-likeness (QED) is 0.793. The minimum Gasteiger partial charge on any atom is -0.383 e. The van der Waals surface area contributed by atoms with Crippen molar-refractivity contribution in [3.8, 4) is 0 Å². The molecule has 6 heteroatoms. The van der Waals surface area contributed by atoms with Crippen molar-refractivity contribution >= 4 is 0 Å². The molecule has 0 aliphatic carbocycles. The van der Waals surface area contributed by atoms with Gasteiger partial charge in [-0.05, 0) is 24.7 Å². The molecule has 102 valence electrons. The molecule has 0 spiro atoms. The molecule has 0 radical (unpaired) electrons. The number of hydrogen-bond acceptors (Lipinski definition) is 3. The van der Waals surface area contributed by atoms with Gasteiger partial charge in [0.2, 0.25) is 0 Å². The SMILES string of the molecule is COCCN(C)C(CN)c1cc(F)c(F)c(F)c1. The fourth-order valence-electron chi connectivity index (χ4n) is 1.73. The smallest absolute Gasteiger partial charge is 0.194 e. The van der Waals surface area contributed by atoms with Crippen LogP contribution in [0.3, 0.4) is 0 Å². The Hall–Kier alpha value is -1.11. The minimum atomic E-state index is -1.46. The number of likely N-dealkylation sites (N-methyl/N-ethyl adjacent to an activating group) is 1. The van der Waals surface area contributed by atoms with Crippen LogP contribution in [0.25, 0.3) is 0 Å². The topological polar surface area (TPSA) is 38.5 Å². The number of rotatable bonds is 6. The molecule has 18 heavy (non-hydrogen) atoms. The summed E-state index contributed by atoms with van der Waals surface area (Å²) in [5, 5.41) is 0. The van der Waals surface area contributed by atoms with Crippen molar-refractivity contribution in [3.63, 3.8) is 0 Å². The molecular weight excluding hydrogens is 245 g/mol. The van der Waals surface area contributed by atoms with Crippen LogP contribution in [0.5, 0.6) is 0 Å². The summed E-state index contributed by atoms with van der Waals surface area (Å²) in [5.74, 6) is -3.87. The van der Waals surface area contributed by atoms with Crippen LogP contribution in [0.4, 0.5) is 13.2 Å². The molecule has 0 amide bonds. The van der Waals surface area contributed by atoms with Gasteiger partial charge in [0, 0.05) is 26.2 Å². The summed E-state index contributed by atoms with van der Waals surface area (Å²) in [5.41, 5.74) is 5.91. The van der Waals surface area contributed by atoms with E-state index >= 15 is 0 Å². The molecule has 1 unspecified atom stereocenters. The first-order chi connectivity index (χ1) is 8.51. The van der Waals surface area contributed by atoms with Crippen molar-refractivity contribution < 1.29 is 17.9 Å². The van der Waals surface area contributed by atoms with Crippen molar-refractivity contribution in [2.24, 2.45) is 5.73 Å². The van der Waals surface area contributed by atoms with Crippen LogP contribution >= 0.6 is 0 Å². The summed E-state index contributed by atoms with van der Waals surface area (Å²) in [6.07, 6.45) is 0. The van der Waals surface area contributed by atoms with Crippen molar-refractivity contribution in [2.75, 3.05) is 33.9 Å². The van der Waals surface area contributed by atoms with Gasteiger partial charge in [0.05, 0.1) is 6.61 Å². The average Bonchev–Trinajstić information content (AvgIpc) is 2.34. The first-order valence-corrected chi connectivity index (χ1v) is 5.55. The maximum absolute atomic E-state index is 13.2. The number of methoxy groups -OCH3 is 1. The van der Waals surface area contributed by atoms with Crippen LogP contribution in [-0.4, -0.2) is 38.8 Å². The zero-order chi connectivity index (χ0) is 13.7. The Morgan fingerprint density at radius 2 is 1.83 bits per heavy atom. The number of ether oxygens (including phenoxy) is 1. The molecule has 0 saturated carbocycles. The fourth-order valence-corrected chi connectivity index (χ4v) is 1.73. The van der Waals surface area contributed by atoms with E-state index in [1.54, 1.807) is 19.1 Å². The van der Waals surface area contributed by atoms with E-state index in [-0.39, 0.29) is 12.6 Å². The van der Waals surface area contributed by atoms with Crippen LogP contribution in [0.2, 0.25) is 0 Å². The minimum absolute atomic E-state index is 0.171. The maximum atomic E-state index is 13.2. The van der Waals surface area contributed by atoms with E-state index in [1.165, 1.54) is 0 Å². The van der Waals surface area contributed by atoms with Crippen LogP contribution < -0.4 is 5.73 Å². The van der Waals surface area contributed by atoms with Gasteiger partial charge in [-0.3, -0.25) is 4.90 Å². The summed E-state index contributed by atoms with van der Waals surface area (Å²) in [6.45, 7) is 1.20. The van der Waals surface area contributed by atoms with Gasteiger partial charge in [0.25, 0.3) is 0 Å². The first-order valence-electron chi connectivity index (χ1n) is 5.55. The highest BCUT2D eigenvalue weighted by molar-refractivity contribution is 5.23. The predicted molar refractivity (Wildman–Crippen MR) is 62.6 cm³/mol. The van der Waals surface area contributed by atoms with E-state index in [0.717, 1.165) is 12.1 Å². The number of halogens is 3. The third-order valence-electron chi connectivity index (χ3n) is 2.79. The van der Waals surface area contributed by atoms with Crippen molar-refractivity contribution in [3.05, 3.63) is 35.1 Å². The lowest BCUT2D eigenvalue weighted by Gasteiger charge is -2.27. The van der Waals surface area contributed by atoms with E-state index in [9.17, 15) is 13.2 Å². The molecule has 0 aromatic heterocycles. The third kappa shape index (κ3) is 3.44. The van der Waals surface area contributed by atoms with E-state index in [1.807, 2.05) is 0 Å². The first kappa shape index (κ1) is 14.9. The number of benzene rings is 1. The Balaban J connectivity index is 2.94. The lowest BCUT2D eigenvalue weighted by Crippen LogP contribution is -2.33. The van der Waals surface area contributed by atoms with Gasteiger partial charge in [0.1, 0.15) is 0 Å². The Morgan fingerprint density at radius 1 is 1.28 bits per heavy atom. The molecular formula is C12H17F3N2O. The van der Waals surface area contributed by atoms with Crippen molar-refractivity contribution in [1.82, 2.24) is 4.90 Å². The van der Waals surface area contributed by atoms with Gasteiger partial charge in [-0.25, -0.2) is 13.2 Å². The van der Waals surface area contributed by atoms with E-state index in [2.05, 4.69) is 0 Å². The molecule has 2 N–H and O–H groups in total. The molecule has 0 fully saturated rings. The monoisotopic (exact) mass is 262 g/mol. The molecule has 0 saturated heterocycles. The lowest BCUT2D eigenvalue weighted by atomic mass is 10.1. The molecule has 3 nitrogen and oxygen atoms in total. The second-order valence-electron chi connectivity index (χ2n) is 4.02. The highest BCUT2D eigenvalue weighted by Gasteiger charge is 2.19. The Morgan fingerprint density at radius 3 is 2.28 bits per heavy atom. The third-order valence-corrected chi connectivity index (χ3v) is 2.79. The van der Waals surface area contributed by atoms with Crippen LogP contribution in [0, 0.1) is 17.5 Å². The molecule has 1 rings (SSSR count). The van der Waals surface area contributed by atoms with Crippen LogP contribution in [-0.2, 0) is 4.74 Å². The summed E-state index contributed by atoms with van der Waals surface area (Å²) < 4.78 is 44.1. The largest absolute Gasteiger partial charge is 0.383 e. The van der Waals surface area contributed by atoms with E-state index < -0.39 is 17.5 Å². The number of nitrogens with zero attached hydrogens (tertiary/aromatic N) is 1. The zero-order valence-corrected chi connectivity index (χ0v) is 10.4.